The van der Waals surface area contributed by atoms with Crippen molar-refractivity contribution in [3.8, 4) is 5.75 Å². The van der Waals surface area contributed by atoms with Crippen molar-refractivity contribution >= 4 is 23.2 Å². The first kappa shape index (κ1) is 17.5. The molecule has 0 radical (unpaired) electrons. The van der Waals surface area contributed by atoms with Gasteiger partial charge < -0.3 is 15.4 Å². The summed E-state index contributed by atoms with van der Waals surface area (Å²) in [5.74, 6) is 0.307. The second-order valence-electron chi connectivity index (χ2n) is 5.47. The van der Waals surface area contributed by atoms with Crippen LogP contribution in [0.4, 0.5) is 11.4 Å². The summed E-state index contributed by atoms with van der Waals surface area (Å²) < 4.78 is 5.78. The highest BCUT2D eigenvalue weighted by Crippen LogP contribution is 2.20. The molecule has 2 aromatic rings. The van der Waals surface area contributed by atoms with Crippen LogP contribution in [0.2, 0.25) is 0 Å². The SMILES string of the molecule is CCc1ccccc1OC(C)C(=O)Nc1cccc(NC(C)=O)c1. The van der Waals surface area contributed by atoms with Crippen LogP contribution in [0.25, 0.3) is 0 Å². The van der Waals surface area contributed by atoms with Crippen LogP contribution in [0.3, 0.4) is 0 Å². The van der Waals surface area contributed by atoms with Crippen molar-refractivity contribution in [2.45, 2.75) is 33.3 Å². The minimum absolute atomic E-state index is 0.161. The van der Waals surface area contributed by atoms with E-state index in [0.717, 1.165) is 17.7 Å². The first-order chi connectivity index (χ1) is 11.5. The van der Waals surface area contributed by atoms with Crippen LogP contribution in [0.15, 0.2) is 48.5 Å². The molecule has 0 saturated heterocycles. The van der Waals surface area contributed by atoms with Crippen LogP contribution >= 0.6 is 0 Å². The van der Waals surface area contributed by atoms with Crippen molar-refractivity contribution in [1.29, 1.82) is 0 Å². The number of anilines is 2. The van der Waals surface area contributed by atoms with Crippen molar-refractivity contribution in [2.24, 2.45) is 0 Å². The molecule has 2 aromatic carbocycles. The molecule has 0 aliphatic rings. The fourth-order valence-corrected chi connectivity index (χ4v) is 2.28. The average molecular weight is 326 g/mol. The van der Waals surface area contributed by atoms with E-state index < -0.39 is 6.10 Å². The predicted octanol–water partition coefficient (Wildman–Crippen LogP) is 3.61. The van der Waals surface area contributed by atoms with Crippen molar-refractivity contribution in [2.75, 3.05) is 10.6 Å². The lowest BCUT2D eigenvalue weighted by molar-refractivity contribution is -0.122. The monoisotopic (exact) mass is 326 g/mol. The molecule has 0 spiro atoms. The maximum absolute atomic E-state index is 12.3. The van der Waals surface area contributed by atoms with Crippen LogP contribution in [0.1, 0.15) is 26.3 Å². The summed E-state index contributed by atoms with van der Waals surface area (Å²) in [6.07, 6.45) is 0.200. The fourth-order valence-electron chi connectivity index (χ4n) is 2.28. The van der Waals surface area contributed by atoms with Gasteiger partial charge in [-0.15, -0.1) is 0 Å². The van der Waals surface area contributed by atoms with Crippen molar-refractivity contribution in [1.82, 2.24) is 0 Å². The van der Waals surface area contributed by atoms with Gasteiger partial charge in [0, 0.05) is 18.3 Å². The summed E-state index contributed by atoms with van der Waals surface area (Å²) in [6, 6.07) is 14.7. The van der Waals surface area contributed by atoms with Gasteiger partial charge in [-0.3, -0.25) is 9.59 Å². The van der Waals surface area contributed by atoms with E-state index in [2.05, 4.69) is 10.6 Å². The number of hydrogen-bond donors (Lipinski definition) is 2. The highest BCUT2D eigenvalue weighted by Gasteiger charge is 2.16. The van der Waals surface area contributed by atoms with Crippen LogP contribution in [-0.4, -0.2) is 17.9 Å². The van der Waals surface area contributed by atoms with E-state index in [9.17, 15) is 9.59 Å². The van der Waals surface area contributed by atoms with E-state index in [4.69, 9.17) is 4.74 Å². The number of nitrogens with one attached hydrogen (secondary N) is 2. The second kappa shape index (κ2) is 8.15. The Morgan fingerprint density at radius 3 is 2.38 bits per heavy atom. The van der Waals surface area contributed by atoms with Crippen LogP contribution in [0.5, 0.6) is 5.75 Å². The lowest BCUT2D eigenvalue weighted by atomic mass is 10.1. The lowest BCUT2D eigenvalue weighted by Crippen LogP contribution is -2.30. The molecule has 0 bridgehead atoms. The maximum Gasteiger partial charge on any atom is 0.265 e. The topological polar surface area (TPSA) is 67.4 Å². The molecule has 2 rings (SSSR count). The fraction of sp³-hybridized carbons (Fsp3) is 0.263. The number of hydrogen-bond acceptors (Lipinski definition) is 3. The molecule has 5 nitrogen and oxygen atoms in total. The van der Waals surface area contributed by atoms with E-state index in [1.54, 1.807) is 31.2 Å². The summed E-state index contributed by atoms with van der Waals surface area (Å²) in [7, 11) is 0. The number of para-hydroxylation sites is 1. The third kappa shape index (κ3) is 4.84. The van der Waals surface area contributed by atoms with Gasteiger partial charge >= 0.3 is 0 Å². The highest BCUT2D eigenvalue weighted by atomic mass is 16.5. The Morgan fingerprint density at radius 1 is 1.04 bits per heavy atom. The number of benzene rings is 2. The molecule has 2 N–H and O–H groups in total. The van der Waals surface area contributed by atoms with Gasteiger partial charge in [0.15, 0.2) is 6.10 Å². The van der Waals surface area contributed by atoms with E-state index in [1.807, 2.05) is 31.2 Å². The maximum atomic E-state index is 12.3. The smallest absolute Gasteiger partial charge is 0.265 e. The molecule has 0 saturated carbocycles. The highest BCUT2D eigenvalue weighted by molar-refractivity contribution is 5.95. The largest absolute Gasteiger partial charge is 0.481 e. The first-order valence-electron chi connectivity index (χ1n) is 7.92. The normalized spacial score (nSPS) is 11.5. The molecule has 0 fully saturated rings. The Hall–Kier alpha value is -2.82. The first-order valence-corrected chi connectivity index (χ1v) is 7.92. The molecule has 5 heteroatoms. The molecule has 1 unspecified atom stereocenters. The van der Waals surface area contributed by atoms with Gasteiger partial charge in [-0.25, -0.2) is 0 Å². The molecule has 0 aliphatic heterocycles. The van der Waals surface area contributed by atoms with Crippen LogP contribution in [0, 0.1) is 0 Å². The molecule has 24 heavy (non-hydrogen) atoms. The number of carbonyl (C=O) groups is 2. The minimum atomic E-state index is -0.637. The quantitative estimate of drug-likeness (QED) is 0.852. The third-order valence-corrected chi connectivity index (χ3v) is 3.48. The molecule has 2 amide bonds. The summed E-state index contributed by atoms with van der Waals surface area (Å²) >= 11 is 0. The summed E-state index contributed by atoms with van der Waals surface area (Å²) in [6.45, 7) is 5.19. The third-order valence-electron chi connectivity index (χ3n) is 3.48. The zero-order valence-corrected chi connectivity index (χ0v) is 14.1. The zero-order chi connectivity index (χ0) is 17.5. The molecule has 0 aliphatic carbocycles. The van der Waals surface area contributed by atoms with Crippen LogP contribution in [-0.2, 0) is 16.0 Å². The molecule has 0 heterocycles. The van der Waals surface area contributed by atoms with Crippen LogP contribution < -0.4 is 15.4 Å². The van der Waals surface area contributed by atoms with Crippen molar-refractivity contribution in [3.05, 3.63) is 54.1 Å². The summed E-state index contributed by atoms with van der Waals surface area (Å²) in [5, 5.41) is 5.48. The Bertz CT molecular complexity index is 728. The van der Waals surface area contributed by atoms with Gasteiger partial charge in [-0.05, 0) is 43.2 Å². The molecular formula is C19H22N2O3. The Morgan fingerprint density at radius 2 is 1.71 bits per heavy atom. The van der Waals surface area contributed by atoms with Gasteiger partial charge in [0.05, 0.1) is 0 Å². The van der Waals surface area contributed by atoms with E-state index in [0.29, 0.717) is 11.4 Å². The van der Waals surface area contributed by atoms with Gasteiger partial charge in [0.25, 0.3) is 5.91 Å². The predicted molar refractivity (Wildman–Crippen MR) is 95.3 cm³/mol. The minimum Gasteiger partial charge on any atom is -0.481 e. The van der Waals surface area contributed by atoms with Gasteiger partial charge in [0.1, 0.15) is 5.75 Å². The Balaban J connectivity index is 2.02. The van der Waals surface area contributed by atoms with Crippen molar-refractivity contribution < 1.29 is 14.3 Å². The Kier molecular flexibility index (Phi) is 5.95. The van der Waals surface area contributed by atoms with Gasteiger partial charge in [-0.1, -0.05) is 31.2 Å². The molecular weight excluding hydrogens is 304 g/mol. The summed E-state index contributed by atoms with van der Waals surface area (Å²) in [5.41, 5.74) is 2.29. The Labute approximate surface area is 142 Å². The molecule has 0 aromatic heterocycles. The number of amides is 2. The number of carbonyl (C=O) groups excluding carboxylic acids is 2. The number of rotatable bonds is 6. The number of aryl methyl sites for hydroxylation is 1. The molecule has 126 valence electrons. The van der Waals surface area contributed by atoms with Gasteiger partial charge in [-0.2, -0.15) is 0 Å². The standard InChI is InChI=1S/C19H22N2O3/c1-4-15-8-5-6-11-18(15)24-13(2)19(23)21-17-10-7-9-16(12-17)20-14(3)22/h5-13H,4H2,1-3H3,(H,20,22)(H,21,23). The van der Waals surface area contributed by atoms with E-state index in [1.165, 1.54) is 6.92 Å². The van der Waals surface area contributed by atoms with E-state index >= 15 is 0 Å². The second-order valence-corrected chi connectivity index (χ2v) is 5.47. The zero-order valence-electron chi connectivity index (χ0n) is 14.1. The van der Waals surface area contributed by atoms with E-state index in [-0.39, 0.29) is 11.8 Å². The molecule has 1 atom stereocenters. The average Bonchev–Trinajstić information content (AvgIpc) is 2.55. The van der Waals surface area contributed by atoms with Crippen molar-refractivity contribution in [3.63, 3.8) is 0 Å². The summed E-state index contributed by atoms with van der Waals surface area (Å²) in [4.78, 5) is 23.4. The lowest BCUT2D eigenvalue weighted by Gasteiger charge is -2.17. The van der Waals surface area contributed by atoms with Gasteiger partial charge in [0.2, 0.25) is 5.91 Å². The number of ether oxygens (including phenoxy) is 1.